The fraction of sp³-hybridized carbons (Fsp3) is 0.333. The van der Waals surface area contributed by atoms with Crippen LogP contribution in [0, 0.1) is 11.3 Å². The molecule has 1 saturated carbocycles. The number of carbonyl (C=O) groups is 1. The molecule has 0 radical (unpaired) electrons. The third kappa shape index (κ3) is 4.76. The van der Waals surface area contributed by atoms with E-state index in [1.54, 1.807) is 12.1 Å². The number of ether oxygens (including phenoxy) is 2. The molecule has 0 atom stereocenters. The summed E-state index contributed by atoms with van der Waals surface area (Å²) < 4.78 is 11.3. The summed E-state index contributed by atoms with van der Waals surface area (Å²) in [6.07, 6.45) is 4.45. The summed E-state index contributed by atoms with van der Waals surface area (Å²) in [4.78, 5) is 12.2. The Balaban J connectivity index is 1.55. The second-order valence-corrected chi connectivity index (χ2v) is 6.48. The minimum atomic E-state index is -0.739. The average Bonchev–Trinajstić information content (AvgIpc) is 2.68. The van der Waals surface area contributed by atoms with E-state index in [2.05, 4.69) is 11.4 Å². The molecule has 0 heterocycles. The Hall–Kier alpha value is -3.00. The number of benzene rings is 2. The van der Waals surface area contributed by atoms with Crippen molar-refractivity contribution in [3.8, 4) is 23.3 Å². The topological polar surface area (TPSA) is 71.4 Å². The summed E-state index contributed by atoms with van der Waals surface area (Å²) in [7, 11) is 0. The van der Waals surface area contributed by atoms with E-state index in [9.17, 15) is 10.1 Å². The Morgan fingerprint density at radius 1 is 1.00 bits per heavy atom. The minimum absolute atomic E-state index is 0.127. The van der Waals surface area contributed by atoms with Gasteiger partial charge < -0.3 is 14.8 Å². The lowest BCUT2D eigenvalue weighted by molar-refractivity contribution is -0.124. The van der Waals surface area contributed by atoms with Gasteiger partial charge in [0, 0.05) is 6.07 Å². The van der Waals surface area contributed by atoms with Crippen LogP contribution in [0.25, 0.3) is 0 Å². The van der Waals surface area contributed by atoms with Gasteiger partial charge in [-0.05, 0) is 37.1 Å². The predicted octanol–water partition coefficient (Wildman–Crippen LogP) is 4.20. The van der Waals surface area contributed by atoms with Crippen LogP contribution in [0.2, 0.25) is 0 Å². The maximum atomic E-state index is 12.2. The number of hydrogen-bond acceptors (Lipinski definition) is 4. The molecular formula is C21H22N2O3. The second-order valence-electron chi connectivity index (χ2n) is 6.48. The Bertz CT molecular complexity index is 777. The number of nitrogens with zero attached hydrogens (tertiary/aromatic N) is 1. The number of para-hydroxylation sites is 1. The van der Waals surface area contributed by atoms with E-state index in [4.69, 9.17) is 9.47 Å². The lowest BCUT2D eigenvalue weighted by Crippen LogP contribution is -2.50. The predicted molar refractivity (Wildman–Crippen MR) is 98.0 cm³/mol. The zero-order valence-corrected chi connectivity index (χ0v) is 14.6. The van der Waals surface area contributed by atoms with E-state index in [1.165, 1.54) is 0 Å². The normalized spacial score (nSPS) is 15.5. The Kier molecular flexibility index (Phi) is 5.75. The molecule has 5 heteroatoms. The molecule has 2 aromatic rings. The maximum absolute atomic E-state index is 12.2. The molecule has 5 nitrogen and oxygen atoms in total. The van der Waals surface area contributed by atoms with Crippen molar-refractivity contribution in [1.82, 2.24) is 5.32 Å². The van der Waals surface area contributed by atoms with Gasteiger partial charge in [-0.3, -0.25) is 4.79 Å². The molecule has 0 saturated heterocycles. The van der Waals surface area contributed by atoms with E-state index in [0.717, 1.165) is 25.0 Å². The standard InChI is InChI=1S/C21H22N2O3/c22-16-21(12-5-2-6-13-21)23-20(24)15-25-18-10-7-11-19(14-18)26-17-8-3-1-4-9-17/h1,3-4,7-11,14H,2,5-6,12-13,15H2,(H,23,24). The first-order valence-electron chi connectivity index (χ1n) is 8.87. The van der Waals surface area contributed by atoms with Gasteiger partial charge in [0.05, 0.1) is 6.07 Å². The molecule has 134 valence electrons. The Morgan fingerprint density at radius 2 is 1.69 bits per heavy atom. The monoisotopic (exact) mass is 350 g/mol. The maximum Gasteiger partial charge on any atom is 0.259 e. The molecule has 3 rings (SSSR count). The molecular weight excluding hydrogens is 328 g/mol. The number of carbonyl (C=O) groups excluding carboxylic acids is 1. The zero-order valence-electron chi connectivity index (χ0n) is 14.6. The molecule has 1 N–H and O–H groups in total. The van der Waals surface area contributed by atoms with Gasteiger partial charge in [0.15, 0.2) is 6.61 Å². The lowest BCUT2D eigenvalue weighted by atomic mass is 9.83. The van der Waals surface area contributed by atoms with E-state index >= 15 is 0 Å². The summed E-state index contributed by atoms with van der Waals surface area (Å²) in [6.45, 7) is -0.127. The van der Waals surface area contributed by atoms with Crippen LogP contribution in [0.5, 0.6) is 17.2 Å². The summed E-state index contributed by atoms with van der Waals surface area (Å²) in [5, 5.41) is 12.3. The van der Waals surface area contributed by atoms with Gasteiger partial charge in [-0.1, -0.05) is 43.5 Å². The van der Waals surface area contributed by atoms with Crippen molar-refractivity contribution in [1.29, 1.82) is 5.26 Å². The second kappa shape index (κ2) is 8.39. The number of amides is 1. The van der Waals surface area contributed by atoms with Crippen molar-refractivity contribution in [3.05, 3.63) is 54.6 Å². The highest BCUT2D eigenvalue weighted by Gasteiger charge is 2.33. The SMILES string of the molecule is N#CC1(NC(=O)COc2cccc(Oc3ccccc3)c2)CCCCC1. The van der Waals surface area contributed by atoms with Crippen molar-refractivity contribution in [2.24, 2.45) is 0 Å². The van der Waals surface area contributed by atoms with Crippen LogP contribution < -0.4 is 14.8 Å². The van der Waals surface area contributed by atoms with E-state index < -0.39 is 5.54 Å². The van der Waals surface area contributed by atoms with Crippen LogP contribution in [0.4, 0.5) is 0 Å². The highest BCUT2D eigenvalue weighted by molar-refractivity contribution is 5.78. The quantitative estimate of drug-likeness (QED) is 0.847. The summed E-state index contributed by atoms with van der Waals surface area (Å²) in [5.74, 6) is 1.64. The van der Waals surface area contributed by atoms with E-state index in [0.29, 0.717) is 24.3 Å². The number of nitriles is 1. The molecule has 1 fully saturated rings. The van der Waals surface area contributed by atoms with Gasteiger partial charge in [-0.15, -0.1) is 0 Å². The van der Waals surface area contributed by atoms with E-state index in [-0.39, 0.29) is 12.5 Å². The number of hydrogen-bond donors (Lipinski definition) is 1. The Labute approximate surface area is 153 Å². The van der Waals surface area contributed by atoms with Gasteiger partial charge in [0.25, 0.3) is 5.91 Å². The van der Waals surface area contributed by atoms with Crippen LogP contribution in [0.15, 0.2) is 54.6 Å². The molecule has 1 amide bonds. The molecule has 0 bridgehead atoms. The summed E-state index contributed by atoms with van der Waals surface area (Å²) in [5.41, 5.74) is -0.739. The third-order valence-corrected chi connectivity index (χ3v) is 4.45. The number of rotatable bonds is 6. The Morgan fingerprint density at radius 3 is 2.42 bits per heavy atom. The molecule has 2 aromatic carbocycles. The first-order chi connectivity index (χ1) is 12.7. The summed E-state index contributed by atoms with van der Waals surface area (Å²) in [6, 6.07) is 18.9. The third-order valence-electron chi connectivity index (χ3n) is 4.45. The van der Waals surface area contributed by atoms with Crippen molar-refractivity contribution in [2.45, 2.75) is 37.6 Å². The van der Waals surface area contributed by atoms with Crippen molar-refractivity contribution in [2.75, 3.05) is 6.61 Å². The molecule has 26 heavy (non-hydrogen) atoms. The first-order valence-corrected chi connectivity index (χ1v) is 8.87. The van der Waals surface area contributed by atoms with Crippen LogP contribution >= 0.6 is 0 Å². The molecule has 0 spiro atoms. The van der Waals surface area contributed by atoms with E-state index in [1.807, 2.05) is 42.5 Å². The molecule has 0 aliphatic heterocycles. The summed E-state index contributed by atoms with van der Waals surface area (Å²) >= 11 is 0. The fourth-order valence-electron chi connectivity index (χ4n) is 3.12. The zero-order chi connectivity index (χ0) is 18.2. The van der Waals surface area contributed by atoms with Gasteiger partial charge >= 0.3 is 0 Å². The van der Waals surface area contributed by atoms with Gasteiger partial charge in [0.1, 0.15) is 22.8 Å². The van der Waals surface area contributed by atoms with Crippen LogP contribution in [-0.4, -0.2) is 18.1 Å². The van der Waals surface area contributed by atoms with Crippen molar-refractivity contribution in [3.63, 3.8) is 0 Å². The highest BCUT2D eigenvalue weighted by atomic mass is 16.5. The lowest BCUT2D eigenvalue weighted by Gasteiger charge is -2.31. The average molecular weight is 350 g/mol. The van der Waals surface area contributed by atoms with Gasteiger partial charge in [-0.2, -0.15) is 5.26 Å². The fourth-order valence-corrected chi connectivity index (χ4v) is 3.12. The molecule has 1 aliphatic carbocycles. The minimum Gasteiger partial charge on any atom is -0.484 e. The first kappa shape index (κ1) is 17.8. The van der Waals surface area contributed by atoms with Gasteiger partial charge in [0.2, 0.25) is 0 Å². The van der Waals surface area contributed by atoms with Gasteiger partial charge in [-0.25, -0.2) is 0 Å². The molecule has 0 aromatic heterocycles. The molecule has 0 unspecified atom stereocenters. The van der Waals surface area contributed by atoms with Crippen LogP contribution in [0.1, 0.15) is 32.1 Å². The van der Waals surface area contributed by atoms with Crippen LogP contribution in [-0.2, 0) is 4.79 Å². The largest absolute Gasteiger partial charge is 0.484 e. The van der Waals surface area contributed by atoms with Crippen molar-refractivity contribution >= 4 is 5.91 Å². The highest BCUT2D eigenvalue weighted by Crippen LogP contribution is 2.28. The van der Waals surface area contributed by atoms with Crippen LogP contribution in [0.3, 0.4) is 0 Å². The smallest absolute Gasteiger partial charge is 0.259 e. The van der Waals surface area contributed by atoms with Crippen molar-refractivity contribution < 1.29 is 14.3 Å². The number of nitrogens with one attached hydrogen (secondary N) is 1. The molecule has 1 aliphatic rings.